The Hall–Kier alpha value is -1.30. The number of nitrogens with zero attached hydrogens (tertiary/aromatic N) is 3. The first-order chi connectivity index (χ1) is 8.95. The van der Waals surface area contributed by atoms with Crippen LogP contribution in [0.2, 0.25) is 0 Å². The van der Waals surface area contributed by atoms with Gasteiger partial charge in [-0.25, -0.2) is 0 Å². The third-order valence-corrected chi connectivity index (χ3v) is 1.86. The van der Waals surface area contributed by atoms with Crippen molar-refractivity contribution in [2.45, 2.75) is 39.2 Å². The molecule has 0 aromatic rings. The van der Waals surface area contributed by atoms with Gasteiger partial charge in [-0.15, -0.1) is 0 Å². The van der Waals surface area contributed by atoms with E-state index in [0.717, 1.165) is 0 Å². The summed E-state index contributed by atoms with van der Waals surface area (Å²) in [4.78, 5) is 14.0. The van der Waals surface area contributed by atoms with Crippen LogP contribution in [0.5, 0.6) is 0 Å². The van der Waals surface area contributed by atoms with Crippen LogP contribution in [0.1, 0.15) is 33.6 Å². The molecule has 0 atom stereocenters. The second-order valence-corrected chi connectivity index (χ2v) is 4.87. The second kappa shape index (κ2) is 10.6. The molecule has 0 N–H and O–H groups in total. The van der Waals surface area contributed by atoms with Gasteiger partial charge in [-0.2, -0.15) is 0 Å². The van der Waals surface area contributed by atoms with Crippen LogP contribution in [0.15, 0.2) is 5.11 Å². The fourth-order valence-electron chi connectivity index (χ4n) is 1.18. The Balaban J connectivity index is 3.27. The number of esters is 1. The van der Waals surface area contributed by atoms with Crippen molar-refractivity contribution in [2.75, 3.05) is 33.0 Å². The molecule has 0 saturated carbocycles. The van der Waals surface area contributed by atoms with Crippen molar-refractivity contribution >= 4 is 5.97 Å². The lowest BCUT2D eigenvalue weighted by Gasteiger charge is -2.19. The highest BCUT2D eigenvalue weighted by molar-refractivity contribution is 5.69. The minimum atomic E-state index is -0.433. The van der Waals surface area contributed by atoms with Crippen LogP contribution in [0, 0.1) is 0 Å². The van der Waals surface area contributed by atoms with Crippen molar-refractivity contribution in [1.82, 2.24) is 0 Å². The van der Waals surface area contributed by atoms with Gasteiger partial charge in [0, 0.05) is 24.5 Å². The smallest absolute Gasteiger partial charge is 0.306 e. The van der Waals surface area contributed by atoms with E-state index in [1.165, 1.54) is 0 Å². The molecule has 0 radical (unpaired) electrons. The zero-order valence-corrected chi connectivity index (χ0v) is 11.9. The van der Waals surface area contributed by atoms with E-state index in [9.17, 15) is 4.79 Å². The van der Waals surface area contributed by atoms with Crippen molar-refractivity contribution in [3.05, 3.63) is 10.4 Å². The largest absolute Gasteiger partial charge is 0.460 e. The summed E-state index contributed by atoms with van der Waals surface area (Å²) in [7, 11) is 0. The molecule has 0 saturated heterocycles. The van der Waals surface area contributed by atoms with Crippen LogP contribution in [-0.2, 0) is 19.0 Å². The van der Waals surface area contributed by atoms with Gasteiger partial charge in [0.25, 0.3) is 0 Å². The third kappa shape index (κ3) is 14.6. The molecule has 0 aliphatic heterocycles. The summed E-state index contributed by atoms with van der Waals surface area (Å²) in [5, 5.41) is 3.33. The molecule has 0 amide bonds. The summed E-state index contributed by atoms with van der Waals surface area (Å²) < 4.78 is 15.6. The second-order valence-electron chi connectivity index (χ2n) is 4.87. The van der Waals surface area contributed by atoms with Crippen LogP contribution in [0.4, 0.5) is 0 Å². The topological polar surface area (TPSA) is 93.5 Å². The Morgan fingerprint density at radius 3 is 2.37 bits per heavy atom. The van der Waals surface area contributed by atoms with Gasteiger partial charge in [-0.05, 0) is 32.7 Å². The molecular formula is C12H23N3O4. The summed E-state index contributed by atoms with van der Waals surface area (Å²) >= 11 is 0. The average molecular weight is 273 g/mol. The van der Waals surface area contributed by atoms with E-state index in [1.54, 1.807) is 0 Å². The van der Waals surface area contributed by atoms with Crippen LogP contribution < -0.4 is 0 Å². The predicted octanol–water partition coefficient (Wildman–Crippen LogP) is 2.45. The monoisotopic (exact) mass is 273 g/mol. The Labute approximate surface area is 113 Å². The van der Waals surface area contributed by atoms with Gasteiger partial charge in [0.2, 0.25) is 0 Å². The first-order valence-corrected chi connectivity index (χ1v) is 6.34. The van der Waals surface area contributed by atoms with Gasteiger partial charge < -0.3 is 14.2 Å². The Morgan fingerprint density at radius 2 is 1.79 bits per heavy atom. The number of azide groups is 1. The molecule has 0 bridgehead atoms. The van der Waals surface area contributed by atoms with Crippen LogP contribution >= 0.6 is 0 Å². The molecule has 0 aromatic heterocycles. The van der Waals surface area contributed by atoms with Crippen molar-refractivity contribution in [3.8, 4) is 0 Å². The fourth-order valence-corrected chi connectivity index (χ4v) is 1.18. The van der Waals surface area contributed by atoms with Crippen molar-refractivity contribution < 1.29 is 19.0 Å². The van der Waals surface area contributed by atoms with Gasteiger partial charge in [0.15, 0.2) is 0 Å². The minimum absolute atomic E-state index is 0.207. The van der Waals surface area contributed by atoms with E-state index >= 15 is 0 Å². The summed E-state index contributed by atoms with van der Waals surface area (Å²) in [5.74, 6) is -0.207. The molecule has 0 spiro atoms. The summed E-state index contributed by atoms with van der Waals surface area (Å²) in [6, 6.07) is 0. The molecule has 110 valence electrons. The number of rotatable bonds is 10. The number of ether oxygens (including phenoxy) is 3. The maximum absolute atomic E-state index is 11.4. The fraction of sp³-hybridized carbons (Fsp3) is 0.917. The molecule has 0 unspecified atom stereocenters. The summed E-state index contributed by atoms with van der Waals surface area (Å²) in [5.41, 5.74) is 7.59. The predicted molar refractivity (Wildman–Crippen MR) is 70.7 cm³/mol. The van der Waals surface area contributed by atoms with E-state index in [-0.39, 0.29) is 5.97 Å². The van der Waals surface area contributed by atoms with Crippen LogP contribution in [-0.4, -0.2) is 44.5 Å². The first-order valence-electron chi connectivity index (χ1n) is 6.34. The van der Waals surface area contributed by atoms with Gasteiger partial charge >= 0.3 is 5.97 Å². The average Bonchev–Trinajstić information content (AvgIpc) is 2.29. The molecule has 19 heavy (non-hydrogen) atoms. The van der Waals surface area contributed by atoms with E-state index in [2.05, 4.69) is 10.0 Å². The number of hydrogen-bond donors (Lipinski definition) is 0. The number of carbonyl (C=O) groups excluding carboxylic acids is 1. The maximum Gasteiger partial charge on any atom is 0.306 e. The van der Waals surface area contributed by atoms with E-state index in [4.69, 9.17) is 19.7 Å². The van der Waals surface area contributed by atoms with E-state index in [1.807, 2.05) is 20.8 Å². The number of carbonyl (C=O) groups is 1. The summed E-state index contributed by atoms with van der Waals surface area (Å²) in [6.07, 6.45) is 0.989. The van der Waals surface area contributed by atoms with Gasteiger partial charge in [0.05, 0.1) is 19.8 Å². The molecule has 0 fully saturated rings. The first kappa shape index (κ1) is 17.7. The highest BCUT2D eigenvalue weighted by Crippen LogP contribution is 2.08. The lowest BCUT2D eigenvalue weighted by molar-refractivity contribution is -0.155. The van der Waals surface area contributed by atoms with Gasteiger partial charge in [-0.1, -0.05) is 5.11 Å². The standard InChI is InChI=1S/C12H23N3O4/c1-12(2,3)19-11(16)5-4-7-17-9-10-18-8-6-14-15-13/h4-10H2,1-3H3. The molecular weight excluding hydrogens is 250 g/mol. The lowest BCUT2D eigenvalue weighted by Crippen LogP contribution is -2.23. The molecule has 0 heterocycles. The zero-order chi connectivity index (χ0) is 14.6. The highest BCUT2D eigenvalue weighted by Gasteiger charge is 2.15. The van der Waals surface area contributed by atoms with Crippen LogP contribution in [0.3, 0.4) is 0 Å². The lowest BCUT2D eigenvalue weighted by atomic mass is 10.2. The minimum Gasteiger partial charge on any atom is -0.460 e. The molecule has 0 aromatic carbocycles. The summed E-state index contributed by atoms with van der Waals surface area (Å²) in [6.45, 7) is 7.66. The Morgan fingerprint density at radius 1 is 1.16 bits per heavy atom. The zero-order valence-electron chi connectivity index (χ0n) is 11.9. The van der Waals surface area contributed by atoms with Crippen LogP contribution in [0.25, 0.3) is 10.4 Å². The van der Waals surface area contributed by atoms with Crippen molar-refractivity contribution in [1.29, 1.82) is 0 Å². The third-order valence-electron chi connectivity index (χ3n) is 1.86. The molecule has 0 aliphatic rings. The number of hydrogen-bond acceptors (Lipinski definition) is 5. The van der Waals surface area contributed by atoms with Crippen molar-refractivity contribution in [3.63, 3.8) is 0 Å². The quantitative estimate of drug-likeness (QED) is 0.201. The maximum atomic E-state index is 11.4. The van der Waals surface area contributed by atoms with E-state index in [0.29, 0.717) is 45.8 Å². The SMILES string of the molecule is CC(C)(C)OC(=O)CCCOCCOCCN=[N+]=[N-]. The van der Waals surface area contributed by atoms with Crippen molar-refractivity contribution in [2.24, 2.45) is 5.11 Å². The Bertz CT molecular complexity index is 296. The van der Waals surface area contributed by atoms with Gasteiger partial charge in [-0.3, -0.25) is 4.79 Å². The normalized spacial score (nSPS) is 10.9. The van der Waals surface area contributed by atoms with E-state index < -0.39 is 5.60 Å². The molecule has 7 nitrogen and oxygen atoms in total. The Kier molecular flexibility index (Phi) is 9.88. The molecule has 7 heteroatoms. The molecule has 0 rings (SSSR count). The molecule has 0 aliphatic carbocycles. The highest BCUT2D eigenvalue weighted by atomic mass is 16.6. The van der Waals surface area contributed by atoms with Gasteiger partial charge in [0.1, 0.15) is 5.60 Å².